The van der Waals surface area contributed by atoms with Gasteiger partial charge in [-0.05, 0) is 62.3 Å². The first-order chi connectivity index (χ1) is 16.6. The summed E-state index contributed by atoms with van der Waals surface area (Å²) < 4.78 is 10.9. The van der Waals surface area contributed by atoms with Crippen LogP contribution in [0, 0.1) is 0 Å². The van der Waals surface area contributed by atoms with Gasteiger partial charge in [0.15, 0.2) is 0 Å². The normalized spacial score (nSPS) is 17.9. The minimum absolute atomic E-state index is 0.0196. The number of amides is 2. The molecular weight excluding hydrogens is 448 g/mol. The van der Waals surface area contributed by atoms with Crippen LogP contribution in [0.1, 0.15) is 57.1 Å². The number of likely N-dealkylation sites (tertiary alicyclic amines) is 1. The molecule has 2 aliphatic rings. The maximum atomic E-state index is 13.0. The Morgan fingerprint density at radius 3 is 2.23 bits per heavy atom. The molecule has 2 aromatic carbocycles. The average molecular weight is 480 g/mol. The van der Waals surface area contributed by atoms with E-state index in [0.29, 0.717) is 13.0 Å². The van der Waals surface area contributed by atoms with Gasteiger partial charge in [0.25, 0.3) is 0 Å². The molecule has 35 heavy (non-hydrogen) atoms. The van der Waals surface area contributed by atoms with Gasteiger partial charge < -0.3 is 29.6 Å². The Balaban J connectivity index is 1.40. The van der Waals surface area contributed by atoms with Crippen LogP contribution in [0.2, 0.25) is 0 Å². The summed E-state index contributed by atoms with van der Waals surface area (Å²) in [5.41, 5.74) is 3.78. The van der Waals surface area contributed by atoms with Gasteiger partial charge in [0, 0.05) is 18.5 Å². The van der Waals surface area contributed by atoms with Crippen LogP contribution in [-0.2, 0) is 14.3 Å². The molecule has 0 aromatic heterocycles. The largest absolute Gasteiger partial charge is 0.548 e. The number of carbonyl (C=O) groups is 3. The van der Waals surface area contributed by atoms with E-state index >= 15 is 0 Å². The first-order valence-electron chi connectivity index (χ1n) is 12.0. The summed E-state index contributed by atoms with van der Waals surface area (Å²) in [6.45, 7) is 5.73. The van der Waals surface area contributed by atoms with Crippen molar-refractivity contribution in [3.63, 3.8) is 0 Å². The highest BCUT2D eigenvalue weighted by molar-refractivity contribution is 5.80. The molecule has 1 heterocycles. The SMILES string of the molecule is CC(C)(C)OC(=O)N[C@@H](C[C@@H]1CCCN1C(=O)OCC1c2ccccc2-c2ccccc21)C(=O)[O-]. The minimum atomic E-state index is -1.42. The molecule has 4 rings (SSSR count). The molecule has 2 aromatic rings. The van der Waals surface area contributed by atoms with E-state index in [4.69, 9.17) is 9.47 Å². The molecule has 0 unspecified atom stereocenters. The molecule has 1 fully saturated rings. The lowest BCUT2D eigenvalue weighted by molar-refractivity contribution is -0.308. The predicted molar refractivity (Wildman–Crippen MR) is 128 cm³/mol. The number of benzene rings is 2. The van der Waals surface area contributed by atoms with E-state index in [0.717, 1.165) is 28.7 Å². The monoisotopic (exact) mass is 479 g/mol. The molecule has 0 spiro atoms. The van der Waals surface area contributed by atoms with Gasteiger partial charge in [0.2, 0.25) is 0 Å². The van der Waals surface area contributed by atoms with Crippen molar-refractivity contribution in [2.24, 2.45) is 0 Å². The van der Waals surface area contributed by atoms with E-state index < -0.39 is 29.8 Å². The predicted octanol–water partition coefficient (Wildman–Crippen LogP) is 3.43. The minimum Gasteiger partial charge on any atom is -0.548 e. The third kappa shape index (κ3) is 5.58. The second-order valence-electron chi connectivity index (χ2n) is 10.0. The molecule has 2 amide bonds. The Labute approximate surface area is 205 Å². The Morgan fingerprint density at radius 1 is 1.06 bits per heavy atom. The van der Waals surface area contributed by atoms with E-state index in [1.165, 1.54) is 0 Å². The summed E-state index contributed by atoms with van der Waals surface area (Å²) in [6, 6.07) is 14.5. The molecule has 0 bridgehead atoms. The fourth-order valence-electron chi connectivity index (χ4n) is 4.93. The fourth-order valence-corrected chi connectivity index (χ4v) is 4.93. The molecule has 0 radical (unpaired) electrons. The summed E-state index contributed by atoms with van der Waals surface area (Å²) >= 11 is 0. The van der Waals surface area contributed by atoms with Crippen molar-refractivity contribution in [2.45, 2.75) is 63.6 Å². The molecule has 0 saturated carbocycles. The van der Waals surface area contributed by atoms with E-state index in [-0.39, 0.29) is 25.0 Å². The Hall–Kier alpha value is -3.55. The highest BCUT2D eigenvalue weighted by atomic mass is 16.6. The van der Waals surface area contributed by atoms with E-state index in [2.05, 4.69) is 29.6 Å². The summed E-state index contributed by atoms with van der Waals surface area (Å²) in [4.78, 5) is 38.3. The number of rotatable bonds is 6. The summed E-state index contributed by atoms with van der Waals surface area (Å²) in [7, 11) is 0. The van der Waals surface area contributed by atoms with Crippen molar-refractivity contribution in [1.29, 1.82) is 0 Å². The number of nitrogens with zero attached hydrogens (tertiary/aromatic N) is 1. The lowest BCUT2D eigenvalue weighted by Gasteiger charge is -2.30. The van der Waals surface area contributed by atoms with Crippen molar-refractivity contribution in [3.05, 3.63) is 59.7 Å². The number of alkyl carbamates (subject to hydrolysis) is 1. The molecule has 1 aliphatic carbocycles. The average Bonchev–Trinajstić information content (AvgIpc) is 3.38. The van der Waals surface area contributed by atoms with Gasteiger partial charge in [-0.25, -0.2) is 9.59 Å². The van der Waals surface area contributed by atoms with Gasteiger partial charge in [-0.15, -0.1) is 0 Å². The van der Waals surface area contributed by atoms with Crippen LogP contribution < -0.4 is 10.4 Å². The lowest BCUT2D eigenvalue weighted by atomic mass is 9.98. The lowest BCUT2D eigenvalue weighted by Crippen LogP contribution is -2.52. The Bertz CT molecular complexity index is 1060. The number of carboxylic acid groups (broad SMARTS) is 1. The number of carbonyl (C=O) groups excluding carboxylic acids is 3. The number of aliphatic carboxylic acids is 1. The standard InChI is InChI=1S/C27H32N2O6/c1-27(2,3)35-25(32)28-23(24(30)31)15-17-9-8-14-29(17)26(33)34-16-22-20-12-6-4-10-18(20)19-11-5-7-13-21(19)22/h4-7,10-13,17,22-23H,8-9,14-16H2,1-3H3,(H,28,32)(H,30,31)/p-1/t17-,23-/m0/s1. The zero-order valence-electron chi connectivity index (χ0n) is 20.3. The van der Waals surface area contributed by atoms with Crippen LogP contribution in [0.5, 0.6) is 0 Å². The van der Waals surface area contributed by atoms with Crippen molar-refractivity contribution >= 4 is 18.2 Å². The smallest absolute Gasteiger partial charge is 0.410 e. The number of ether oxygens (including phenoxy) is 2. The summed E-state index contributed by atoms with van der Waals surface area (Å²) in [5.74, 6) is -1.48. The number of hydrogen-bond acceptors (Lipinski definition) is 6. The second kappa shape index (κ2) is 9.98. The van der Waals surface area contributed by atoms with Gasteiger partial charge in [-0.3, -0.25) is 0 Å². The highest BCUT2D eigenvalue weighted by Crippen LogP contribution is 2.44. The zero-order chi connectivity index (χ0) is 25.2. The van der Waals surface area contributed by atoms with Crippen LogP contribution >= 0.6 is 0 Å². The van der Waals surface area contributed by atoms with Crippen LogP contribution in [0.15, 0.2) is 48.5 Å². The van der Waals surface area contributed by atoms with Gasteiger partial charge in [0.05, 0.1) is 12.0 Å². The number of hydrogen-bond donors (Lipinski definition) is 1. The van der Waals surface area contributed by atoms with Crippen LogP contribution in [-0.4, -0.2) is 53.9 Å². The van der Waals surface area contributed by atoms with Gasteiger partial charge in [0.1, 0.15) is 12.2 Å². The summed E-state index contributed by atoms with van der Waals surface area (Å²) in [6.07, 6.45) is 0.0395. The fraction of sp³-hybridized carbons (Fsp3) is 0.444. The maximum absolute atomic E-state index is 13.0. The van der Waals surface area contributed by atoms with E-state index in [1.54, 1.807) is 25.7 Å². The Morgan fingerprint density at radius 2 is 1.66 bits per heavy atom. The third-order valence-electron chi connectivity index (χ3n) is 6.43. The molecule has 2 atom stereocenters. The van der Waals surface area contributed by atoms with Crippen LogP contribution in [0.25, 0.3) is 11.1 Å². The topological polar surface area (TPSA) is 108 Å². The number of fused-ring (bicyclic) bond motifs is 3. The molecule has 1 N–H and O–H groups in total. The van der Waals surface area contributed by atoms with Gasteiger partial charge in [-0.2, -0.15) is 0 Å². The van der Waals surface area contributed by atoms with Crippen molar-refractivity contribution < 1.29 is 29.0 Å². The second-order valence-corrected chi connectivity index (χ2v) is 10.0. The molecular formula is C27H31N2O6-. The molecule has 8 heteroatoms. The molecule has 1 aliphatic heterocycles. The van der Waals surface area contributed by atoms with Crippen LogP contribution in [0.4, 0.5) is 9.59 Å². The first-order valence-corrected chi connectivity index (χ1v) is 12.0. The molecule has 186 valence electrons. The van der Waals surface area contributed by atoms with E-state index in [1.807, 2.05) is 24.3 Å². The van der Waals surface area contributed by atoms with Crippen molar-refractivity contribution in [3.8, 4) is 11.1 Å². The van der Waals surface area contributed by atoms with Gasteiger partial charge in [-0.1, -0.05) is 48.5 Å². The summed E-state index contributed by atoms with van der Waals surface area (Å²) in [5, 5.41) is 14.0. The first kappa shape index (κ1) is 24.6. The zero-order valence-corrected chi connectivity index (χ0v) is 20.3. The highest BCUT2D eigenvalue weighted by Gasteiger charge is 2.35. The Kier molecular flexibility index (Phi) is 7.00. The van der Waals surface area contributed by atoms with Crippen molar-refractivity contribution in [1.82, 2.24) is 10.2 Å². The molecule has 8 nitrogen and oxygen atoms in total. The quantitative estimate of drug-likeness (QED) is 0.680. The third-order valence-corrected chi connectivity index (χ3v) is 6.43. The number of carboxylic acids is 1. The maximum Gasteiger partial charge on any atom is 0.410 e. The van der Waals surface area contributed by atoms with Crippen LogP contribution in [0.3, 0.4) is 0 Å². The van der Waals surface area contributed by atoms with Crippen molar-refractivity contribution in [2.75, 3.05) is 13.2 Å². The van der Waals surface area contributed by atoms with E-state index in [9.17, 15) is 19.5 Å². The molecule has 1 saturated heterocycles. The van der Waals surface area contributed by atoms with Gasteiger partial charge >= 0.3 is 12.2 Å². The number of nitrogens with one attached hydrogen (secondary N) is 1.